The van der Waals surface area contributed by atoms with Crippen molar-refractivity contribution in [2.75, 3.05) is 25.2 Å². The minimum atomic E-state index is -0.240. The number of carbonyl (C=O) groups excluding carboxylic acids is 2. The van der Waals surface area contributed by atoms with Crippen LogP contribution < -0.4 is 19.7 Å². The second-order valence-electron chi connectivity index (χ2n) is 6.94. The highest BCUT2D eigenvalue weighted by Crippen LogP contribution is 2.34. The van der Waals surface area contributed by atoms with E-state index in [-0.39, 0.29) is 36.9 Å². The van der Waals surface area contributed by atoms with Crippen molar-refractivity contribution >= 4 is 33.4 Å². The molecule has 2 aromatic rings. The van der Waals surface area contributed by atoms with Crippen LogP contribution in [0.4, 0.5) is 5.69 Å². The van der Waals surface area contributed by atoms with Gasteiger partial charge in [0.05, 0.1) is 18.8 Å². The van der Waals surface area contributed by atoms with E-state index >= 15 is 0 Å². The van der Waals surface area contributed by atoms with Crippen molar-refractivity contribution < 1.29 is 19.1 Å². The number of carbonyl (C=O) groups is 2. The Balaban J connectivity index is 1.75. The molecule has 6 nitrogen and oxygen atoms in total. The first-order valence-electron chi connectivity index (χ1n) is 9.05. The Morgan fingerprint density at radius 3 is 2.61 bits per heavy atom. The van der Waals surface area contributed by atoms with Crippen LogP contribution in [0.25, 0.3) is 0 Å². The fraction of sp³-hybridized carbons (Fsp3) is 0.333. The first-order valence-corrected chi connectivity index (χ1v) is 9.84. The van der Waals surface area contributed by atoms with Gasteiger partial charge in [-0.05, 0) is 41.8 Å². The summed E-state index contributed by atoms with van der Waals surface area (Å²) in [5.41, 5.74) is 1.59. The van der Waals surface area contributed by atoms with Crippen molar-refractivity contribution in [1.82, 2.24) is 5.32 Å². The standard InChI is InChI=1S/C21H23BrN2O4/c1-13(2)21(14-4-7-16(27-3)8-5-14)23-19(25)11-24-17-9-6-15(22)10-18(17)28-12-20(24)26/h4-10,13,21H,11-12H2,1-3H3,(H,23,25). The lowest BCUT2D eigenvalue weighted by atomic mass is 9.96. The molecule has 28 heavy (non-hydrogen) atoms. The zero-order valence-corrected chi connectivity index (χ0v) is 17.7. The lowest BCUT2D eigenvalue weighted by Crippen LogP contribution is -2.46. The molecule has 0 bridgehead atoms. The molecular formula is C21H23BrN2O4. The minimum absolute atomic E-state index is 0.0593. The molecule has 2 aromatic carbocycles. The maximum atomic E-state index is 12.8. The summed E-state index contributed by atoms with van der Waals surface area (Å²) >= 11 is 3.39. The molecule has 148 valence electrons. The van der Waals surface area contributed by atoms with Crippen LogP contribution in [-0.2, 0) is 9.59 Å². The average molecular weight is 447 g/mol. The molecule has 3 rings (SSSR count). The van der Waals surface area contributed by atoms with E-state index in [0.717, 1.165) is 15.8 Å². The number of nitrogens with one attached hydrogen (secondary N) is 1. The molecule has 1 atom stereocenters. The van der Waals surface area contributed by atoms with Crippen LogP contribution in [-0.4, -0.2) is 32.1 Å². The van der Waals surface area contributed by atoms with Crippen LogP contribution >= 0.6 is 15.9 Å². The molecule has 0 fully saturated rings. The summed E-state index contributed by atoms with van der Waals surface area (Å²) in [6, 6.07) is 12.8. The van der Waals surface area contributed by atoms with Gasteiger partial charge in [0.15, 0.2) is 6.61 Å². The van der Waals surface area contributed by atoms with Gasteiger partial charge in [-0.15, -0.1) is 0 Å². The Bertz CT molecular complexity index is 867. The first-order chi connectivity index (χ1) is 13.4. The normalized spacial score (nSPS) is 14.3. The highest BCUT2D eigenvalue weighted by atomic mass is 79.9. The van der Waals surface area contributed by atoms with Crippen LogP contribution in [0.5, 0.6) is 11.5 Å². The smallest absolute Gasteiger partial charge is 0.265 e. The van der Waals surface area contributed by atoms with Crippen LogP contribution in [0.1, 0.15) is 25.5 Å². The van der Waals surface area contributed by atoms with Crippen LogP contribution in [0, 0.1) is 5.92 Å². The van der Waals surface area contributed by atoms with Gasteiger partial charge in [-0.25, -0.2) is 0 Å². The lowest BCUT2D eigenvalue weighted by Gasteiger charge is -2.30. The fourth-order valence-electron chi connectivity index (χ4n) is 3.16. The van der Waals surface area contributed by atoms with Crippen molar-refractivity contribution in [3.8, 4) is 11.5 Å². The monoisotopic (exact) mass is 446 g/mol. The number of halogens is 1. The van der Waals surface area contributed by atoms with E-state index in [1.165, 1.54) is 4.90 Å². The van der Waals surface area contributed by atoms with Crippen molar-refractivity contribution in [2.24, 2.45) is 5.92 Å². The van der Waals surface area contributed by atoms with Crippen molar-refractivity contribution in [1.29, 1.82) is 0 Å². The van der Waals surface area contributed by atoms with Crippen LogP contribution in [0.15, 0.2) is 46.9 Å². The number of ether oxygens (including phenoxy) is 2. The predicted molar refractivity (Wildman–Crippen MR) is 111 cm³/mol. The maximum absolute atomic E-state index is 12.8. The van der Waals surface area contributed by atoms with E-state index in [9.17, 15) is 9.59 Å². The maximum Gasteiger partial charge on any atom is 0.265 e. The van der Waals surface area contributed by atoms with Gasteiger partial charge < -0.3 is 14.8 Å². The molecule has 0 aliphatic carbocycles. The van der Waals surface area contributed by atoms with Crippen molar-refractivity contribution in [3.63, 3.8) is 0 Å². The largest absolute Gasteiger partial charge is 0.497 e. The number of methoxy groups -OCH3 is 1. The van der Waals surface area contributed by atoms with E-state index < -0.39 is 0 Å². The molecule has 1 aliphatic heterocycles. The molecule has 7 heteroatoms. The molecule has 1 aliphatic rings. The number of hydrogen-bond donors (Lipinski definition) is 1. The van der Waals surface area contributed by atoms with E-state index in [1.54, 1.807) is 19.2 Å². The zero-order chi connectivity index (χ0) is 20.3. The number of fused-ring (bicyclic) bond motifs is 1. The van der Waals surface area contributed by atoms with Gasteiger partial charge in [0.2, 0.25) is 5.91 Å². The molecule has 0 saturated heterocycles. The summed E-state index contributed by atoms with van der Waals surface area (Å²) in [5.74, 6) is 1.06. The fourth-order valence-corrected chi connectivity index (χ4v) is 3.50. The summed E-state index contributed by atoms with van der Waals surface area (Å²) in [4.78, 5) is 26.6. The molecule has 0 aromatic heterocycles. The molecular weight excluding hydrogens is 424 g/mol. The number of amides is 2. The third kappa shape index (κ3) is 4.47. The van der Waals surface area contributed by atoms with Gasteiger partial charge in [-0.3, -0.25) is 14.5 Å². The highest BCUT2D eigenvalue weighted by molar-refractivity contribution is 9.10. The number of anilines is 1. The van der Waals surface area contributed by atoms with Gasteiger partial charge in [0.1, 0.15) is 18.0 Å². The summed E-state index contributed by atoms with van der Waals surface area (Å²) in [6.45, 7) is 3.95. The van der Waals surface area contributed by atoms with Crippen molar-refractivity contribution in [2.45, 2.75) is 19.9 Å². The van der Waals surface area contributed by atoms with Gasteiger partial charge in [-0.1, -0.05) is 41.9 Å². The summed E-state index contributed by atoms with van der Waals surface area (Å²) in [5, 5.41) is 3.06. The number of hydrogen-bond acceptors (Lipinski definition) is 4. The van der Waals surface area contributed by atoms with E-state index in [4.69, 9.17) is 9.47 Å². The molecule has 0 radical (unpaired) electrons. The number of nitrogens with zero attached hydrogens (tertiary/aromatic N) is 1. The van der Waals surface area contributed by atoms with Crippen LogP contribution in [0.2, 0.25) is 0 Å². The van der Waals surface area contributed by atoms with Gasteiger partial charge in [-0.2, -0.15) is 0 Å². The van der Waals surface area contributed by atoms with Crippen LogP contribution in [0.3, 0.4) is 0 Å². The summed E-state index contributed by atoms with van der Waals surface area (Å²) < 4.78 is 11.5. The highest BCUT2D eigenvalue weighted by Gasteiger charge is 2.28. The average Bonchev–Trinajstić information content (AvgIpc) is 2.68. The molecule has 0 spiro atoms. The predicted octanol–water partition coefficient (Wildman–Crippen LogP) is 3.70. The Kier molecular flexibility index (Phi) is 6.24. The SMILES string of the molecule is COc1ccc(C(NC(=O)CN2C(=O)COc3cc(Br)ccc32)C(C)C)cc1. The molecule has 0 saturated carbocycles. The van der Waals surface area contributed by atoms with Gasteiger partial charge in [0.25, 0.3) is 5.91 Å². The van der Waals surface area contributed by atoms with E-state index in [2.05, 4.69) is 21.2 Å². The Hall–Kier alpha value is -2.54. The minimum Gasteiger partial charge on any atom is -0.497 e. The van der Waals surface area contributed by atoms with Gasteiger partial charge >= 0.3 is 0 Å². The second-order valence-corrected chi connectivity index (χ2v) is 7.86. The summed E-state index contributed by atoms with van der Waals surface area (Å²) in [7, 11) is 1.62. The van der Waals surface area contributed by atoms with Crippen molar-refractivity contribution in [3.05, 3.63) is 52.5 Å². The third-order valence-corrected chi connectivity index (χ3v) is 5.12. The summed E-state index contributed by atoms with van der Waals surface area (Å²) in [6.07, 6.45) is 0. The van der Waals surface area contributed by atoms with Gasteiger partial charge in [0, 0.05) is 4.47 Å². The van der Waals surface area contributed by atoms with E-state index in [1.807, 2.05) is 44.2 Å². The quantitative estimate of drug-likeness (QED) is 0.734. The molecule has 1 unspecified atom stereocenters. The third-order valence-electron chi connectivity index (χ3n) is 4.62. The lowest BCUT2D eigenvalue weighted by molar-refractivity contribution is -0.125. The number of rotatable bonds is 6. The second kappa shape index (κ2) is 8.65. The molecule has 2 amide bonds. The topological polar surface area (TPSA) is 67.9 Å². The zero-order valence-electron chi connectivity index (χ0n) is 16.1. The Morgan fingerprint density at radius 2 is 1.96 bits per heavy atom. The first kappa shape index (κ1) is 20.2. The number of benzene rings is 2. The molecule has 1 N–H and O–H groups in total. The van der Waals surface area contributed by atoms with E-state index in [0.29, 0.717) is 11.4 Å². The Labute approximate surface area is 172 Å². The molecule has 1 heterocycles. The Morgan fingerprint density at radius 1 is 1.25 bits per heavy atom.